The van der Waals surface area contributed by atoms with Crippen LogP contribution in [0.25, 0.3) is 0 Å². The summed E-state index contributed by atoms with van der Waals surface area (Å²) in [6.45, 7) is 2.64. The molecule has 1 amide bonds. The van der Waals surface area contributed by atoms with Crippen LogP contribution in [-0.2, 0) is 16.6 Å². The topological polar surface area (TPSA) is 106 Å². The molecule has 2 heterocycles. The van der Waals surface area contributed by atoms with Gasteiger partial charge >= 0.3 is 0 Å². The van der Waals surface area contributed by atoms with Crippen LogP contribution in [-0.4, -0.2) is 59.8 Å². The summed E-state index contributed by atoms with van der Waals surface area (Å²) in [5, 5.41) is 4.13. The second kappa shape index (κ2) is 9.27. The lowest BCUT2D eigenvalue weighted by Crippen LogP contribution is -2.50. The molecule has 0 N–H and O–H groups in total. The summed E-state index contributed by atoms with van der Waals surface area (Å²) in [5.74, 6) is 0.974. The molecule has 0 bridgehead atoms. The SMILES string of the molecule is Cc1nc(COc2ccccc2C(=O)N2CCN(S(=O)(=O)c3cccc(Cl)c3)CC2)no1. The maximum atomic E-state index is 13.1. The first-order valence-electron chi connectivity index (χ1n) is 9.90. The van der Waals surface area contributed by atoms with Gasteiger partial charge in [-0.3, -0.25) is 4.79 Å². The van der Waals surface area contributed by atoms with Crippen molar-refractivity contribution in [2.24, 2.45) is 0 Å². The van der Waals surface area contributed by atoms with Gasteiger partial charge in [-0.2, -0.15) is 9.29 Å². The van der Waals surface area contributed by atoms with Crippen LogP contribution < -0.4 is 4.74 Å². The lowest BCUT2D eigenvalue weighted by molar-refractivity contribution is 0.0693. The highest BCUT2D eigenvalue weighted by molar-refractivity contribution is 7.89. The van der Waals surface area contributed by atoms with E-state index in [9.17, 15) is 13.2 Å². The lowest BCUT2D eigenvalue weighted by atomic mass is 10.1. The summed E-state index contributed by atoms with van der Waals surface area (Å²) in [5.41, 5.74) is 0.388. The monoisotopic (exact) mass is 476 g/mol. The van der Waals surface area contributed by atoms with Crippen LogP contribution in [0.5, 0.6) is 5.75 Å². The highest BCUT2D eigenvalue weighted by Gasteiger charge is 2.31. The molecule has 9 nitrogen and oxygen atoms in total. The number of para-hydroxylation sites is 1. The Morgan fingerprint density at radius 2 is 1.88 bits per heavy atom. The van der Waals surface area contributed by atoms with Gasteiger partial charge in [-0.15, -0.1) is 0 Å². The molecule has 1 fully saturated rings. The Kier molecular flexibility index (Phi) is 6.45. The van der Waals surface area contributed by atoms with Gasteiger partial charge in [0.05, 0.1) is 10.5 Å². The average molecular weight is 477 g/mol. The number of carbonyl (C=O) groups is 1. The van der Waals surface area contributed by atoms with Gasteiger partial charge in [0, 0.05) is 38.1 Å². The summed E-state index contributed by atoms with van der Waals surface area (Å²) in [7, 11) is -3.68. The molecule has 0 aliphatic carbocycles. The third-order valence-electron chi connectivity index (χ3n) is 5.00. The number of sulfonamides is 1. The summed E-state index contributed by atoms with van der Waals surface area (Å²) in [6, 6.07) is 13.0. The molecule has 32 heavy (non-hydrogen) atoms. The minimum atomic E-state index is -3.68. The highest BCUT2D eigenvalue weighted by atomic mass is 35.5. The number of benzene rings is 2. The summed E-state index contributed by atoms with van der Waals surface area (Å²) < 4.78 is 37.8. The first kappa shape index (κ1) is 22.3. The summed E-state index contributed by atoms with van der Waals surface area (Å²) in [6.07, 6.45) is 0. The van der Waals surface area contributed by atoms with Crippen LogP contribution in [0.2, 0.25) is 5.02 Å². The number of carbonyl (C=O) groups excluding carboxylic acids is 1. The van der Waals surface area contributed by atoms with E-state index in [2.05, 4.69) is 10.1 Å². The van der Waals surface area contributed by atoms with Crippen LogP contribution >= 0.6 is 11.6 Å². The van der Waals surface area contributed by atoms with Crippen molar-refractivity contribution in [3.63, 3.8) is 0 Å². The van der Waals surface area contributed by atoms with E-state index < -0.39 is 10.0 Å². The molecule has 11 heteroatoms. The van der Waals surface area contributed by atoms with Gasteiger partial charge in [0.2, 0.25) is 21.7 Å². The van der Waals surface area contributed by atoms with Crippen molar-refractivity contribution in [2.75, 3.05) is 26.2 Å². The Balaban J connectivity index is 1.42. The minimum absolute atomic E-state index is 0.0628. The van der Waals surface area contributed by atoms with Crippen molar-refractivity contribution in [1.29, 1.82) is 0 Å². The maximum absolute atomic E-state index is 13.1. The molecule has 168 valence electrons. The molecule has 2 aromatic carbocycles. The van der Waals surface area contributed by atoms with E-state index in [0.29, 0.717) is 28.1 Å². The predicted molar refractivity (Wildman–Crippen MR) is 116 cm³/mol. The van der Waals surface area contributed by atoms with Crippen LogP contribution in [0.15, 0.2) is 57.9 Å². The Hall–Kier alpha value is -2.95. The number of rotatable bonds is 6. The van der Waals surface area contributed by atoms with Gasteiger partial charge in [-0.25, -0.2) is 8.42 Å². The number of piperazine rings is 1. The average Bonchev–Trinajstić information content (AvgIpc) is 3.22. The third kappa shape index (κ3) is 4.77. The summed E-state index contributed by atoms with van der Waals surface area (Å²) in [4.78, 5) is 19.0. The minimum Gasteiger partial charge on any atom is -0.485 e. The number of aryl methyl sites for hydroxylation is 1. The van der Waals surface area contributed by atoms with Gasteiger partial charge < -0.3 is 14.2 Å². The van der Waals surface area contributed by atoms with Gasteiger partial charge in [0.15, 0.2) is 6.61 Å². The molecule has 1 aliphatic heterocycles. The number of hydrogen-bond donors (Lipinski definition) is 0. The zero-order chi connectivity index (χ0) is 22.7. The van der Waals surface area contributed by atoms with Crippen LogP contribution in [0.3, 0.4) is 0 Å². The van der Waals surface area contributed by atoms with Crippen molar-refractivity contribution in [3.05, 3.63) is 70.8 Å². The largest absolute Gasteiger partial charge is 0.485 e. The predicted octanol–water partition coefficient (Wildman–Crippen LogP) is 2.76. The van der Waals surface area contributed by atoms with Crippen molar-refractivity contribution in [3.8, 4) is 5.75 Å². The quantitative estimate of drug-likeness (QED) is 0.538. The molecule has 0 unspecified atom stereocenters. The Morgan fingerprint density at radius 1 is 1.12 bits per heavy atom. The van der Waals surface area contributed by atoms with Crippen molar-refractivity contribution in [1.82, 2.24) is 19.3 Å². The van der Waals surface area contributed by atoms with Gasteiger partial charge in [0.1, 0.15) is 5.75 Å². The second-order valence-electron chi connectivity index (χ2n) is 7.17. The smallest absolute Gasteiger partial charge is 0.257 e. The number of hydrogen-bond acceptors (Lipinski definition) is 7. The molecule has 1 aromatic heterocycles. The standard InChI is InChI=1S/C21H21ClN4O5S/c1-15-23-20(24-31-15)14-30-19-8-3-2-7-18(19)21(27)25-9-11-26(12-10-25)32(28,29)17-6-4-5-16(22)13-17/h2-8,13H,9-12,14H2,1H3. The van der Waals surface area contributed by atoms with Crippen molar-refractivity contribution < 1.29 is 22.5 Å². The summed E-state index contributed by atoms with van der Waals surface area (Å²) >= 11 is 5.94. The second-order valence-corrected chi connectivity index (χ2v) is 9.54. The van der Waals surface area contributed by atoms with Gasteiger partial charge in [0.25, 0.3) is 5.91 Å². The lowest BCUT2D eigenvalue weighted by Gasteiger charge is -2.34. The third-order valence-corrected chi connectivity index (χ3v) is 7.13. The first-order chi connectivity index (χ1) is 15.3. The normalized spacial score (nSPS) is 15.0. The van der Waals surface area contributed by atoms with E-state index in [0.717, 1.165) is 0 Å². The first-order valence-corrected chi connectivity index (χ1v) is 11.7. The van der Waals surface area contributed by atoms with Gasteiger partial charge in [-0.05, 0) is 30.3 Å². The fraction of sp³-hybridized carbons (Fsp3) is 0.286. The van der Waals surface area contributed by atoms with Crippen molar-refractivity contribution in [2.45, 2.75) is 18.4 Å². The zero-order valence-electron chi connectivity index (χ0n) is 17.3. The van der Waals surface area contributed by atoms with Crippen molar-refractivity contribution >= 4 is 27.5 Å². The highest BCUT2D eigenvalue weighted by Crippen LogP contribution is 2.24. The Morgan fingerprint density at radius 3 is 2.56 bits per heavy atom. The van der Waals surface area contributed by atoms with E-state index in [1.54, 1.807) is 48.2 Å². The van der Waals surface area contributed by atoms with Crippen LogP contribution in [0, 0.1) is 6.92 Å². The zero-order valence-corrected chi connectivity index (χ0v) is 18.8. The van der Waals surface area contributed by atoms with E-state index in [-0.39, 0.29) is 43.6 Å². The number of halogens is 1. The molecule has 4 rings (SSSR count). The van der Waals surface area contributed by atoms with Gasteiger partial charge in [-0.1, -0.05) is 35.0 Å². The van der Waals surface area contributed by atoms with E-state index >= 15 is 0 Å². The molecular weight excluding hydrogens is 456 g/mol. The van der Waals surface area contributed by atoms with E-state index in [1.807, 2.05) is 0 Å². The molecule has 0 spiro atoms. The van der Waals surface area contributed by atoms with Crippen LogP contribution in [0.4, 0.5) is 0 Å². The Bertz CT molecular complexity index is 1220. The number of nitrogens with zero attached hydrogens (tertiary/aromatic N) is 4. The fourth-order valence-electron chi connectivity index (χ4n) is 3.39. The molecule has 0 atom stereocenters. The molecule has 0 radical (unpaired) electrons. The number of aromatic nitrogens is 2. The van der Waals surface area contributed by atoms with E-state index in [1.165, 1.54) is 16.4 Å². The molecule has 0 saturated carbocycles. The fourth-order valence-corrected chi connectivity index (χ4v) is 5.11. The molecular formula is C21H21ClN4O5S. The Labute approximate surface area is 190 Å². The van der Waals surface area contributed by atoms with Crippen LogP contribution in [0.1, 0.15) is 22.1 Å². The molecule has 3 aromatic rings. The number of ether oxygens (including phenoxy) is 1. The van der Waals surface area contributed by atoms with E-state index in [4.69, 9.17) is 20.9 Å². The number of amides is 1. The molecule has 1 aliphatic rings. The molecule has 1 saturated heterocycles. The maximum Gasteiger partial charge on any atom is 0.257 e.